The van der Waals surface area contributed by atoms with Crippen molar-refractivity contribution in [2.24, 2.45) is 0 Å². The third-order valence-electron chi connectivity index (χ3n) is 8.49. The number of fused-ring (bicyclic) bond motifs is 2. The Hall–Kier alpha value is -3.06. The largest absolute Gasteiger partial charge is 0.493 e. The van der Waals surface area contributed by atoms with Crippen LogP contribution in [0, 0.1) is 0 Å². The lowest BCUT2D eigenvalue weighted by molar-refractivity contribution is 0.254. The topological polar surface area (TPSA) is 62.8 Å². The molecule has 3 aliphatic rings. The molecule has 1 aliphatic carbocycles. The summed E-state index contributed by atoms with van der Waals surface area (Å²) in [5.41, 5.74) is 6.21. The third-order valence-corrected chi connectivity index (χ3v) is 8.49. The molecule has 1 N–H and O–H groups in total. The summed E-state index contributed by atoms with van der Waals surface area (Å²) in [7, 11) is 1.74. The number of methoxy groups -OCH3 is 1. The number of likely N-dealkylation sites (tertiary alicyclic amines) is 1. The van der Waals surface area contributed by atoms with Gasteiger partial charge in [-0.25, -0.2) is 0 Å². The zero-order valence-corrected chi connectivity index (χ0v) is 22.8. The Morgan fingerprint density at radius 1 is 0.947 bits per heavy atom. The molecule has 2 saturated heterocycles. The van der Waals surface area contributed by atoms with Crippen molar-refractivity contribution >= 4 is 22.3 Å². The second kappa shape index (κ2) is 11.8. The van der Waals surface area contributed by atoms with Gasteiger partial charge in [0.05, 0.1) is 19.2 Å². The minimum atomic E-state index is 0.442. The number of aryl methyl sites for hydroxylation is 1. The molecule has 0 bridgehead atoms. The highest BCUT2D eigenvalue weighted by Gasteiger charge is 2.25. The van der Waals surface area contributed by atoms with Crippen molar-refractivity contribution in [1.29, 1.82) is 0 Å². The van der Waals surface area contributed by atoms with Crippen molar-refractivity contribution in [2.75, 3.05) is 56.7 Å². The van der Waals surface area contributed by atoms with Crippen LogP contribution in [0.5, 0.6) is 11.5 Å². The zero-order valence-electron chi connectivity index (χ0n) is 22.8. The first-order chi connectivity index (χ1) is 18.8. The number of hydrogen-bond acceptors (Lipinski definition) is 7. The van der Waals surface area contributed by atoms with Crippen LogP contribution in [0.4, 0.5) is 11.4 Å². The Bertz CT molecular complexity index is 1220. The van der Waals surface area contributed by atoms with Gasteiger partial charge in [-0.2, -0.15) is 0 Å². The molecule has 0 saturated carbocycles. The first kappa shape index (κ1) is 25.2. The molecule has 4 heterocycles. The van der Waals surface area contributed by atoms with Crippen molar-refractivity contribution in [3.8, 4) is 11.5 Å². The van der Waals surface area contributed by atoms with E-state index < -0.39 is 0 Å². The number of rotatable bonds is 9. The van der Waals surface area contributed by atoms with E-state index >= 15 is 0 Å². The molecule has 3 aromatic rings. The van der Waals surface area contributed by atoms with Gasteiger partial charge in [0.1, 0.15) is 0 Å². The molecule has 2 fully saturated rings. The summed E-state index contributed by atoms with van der Waals surface area (Å²) < 4.78 is 12.1. The summed E-state index contributed by atoms with van der Waals surface area (Å²) in [6.45, 7) is 6.36. The Morgan fingerprint density at radius 2 is 1.74 bits per heavy atom. The van der Waals surface area contributed by atoms with Crippen LogP contribution in [-0.2, 0) is 12.8 Å². The van der Waals surface area contributed by atoms with Crippen LogP contribution in [0.15, 0.2) is 36.7 Å². The van der Waals surface area contributed by atoms with Gasteiger partial charge in [0.2, 0.25) is 0 Å². The number of ether oxygens (including phenoxy) is 2. The first-order valence-electron chi connectivity index (χ1n) is 14.6. The second-order valence-electron chi connectivity index (χ2n) is 11.0. The van der Waals surface area contributed by atoms with Gasteiger partial charge in [-0.15, -0.1) is 0 Å². The van der Waals surface area contributed by atoms with Gasteiger partial charge in [-0.05, 0) is 94.6 Å². The van der Waals surface area contributed by atoms with Gasteiger partial charge in [0.25, 0.3) is 0 Å². The van der Waals surface area contributed by atoms with Gasteiger partial charge in [0, 0.05) is 66.6 Å². The van der Waals surface area contributed by atoms with E-state index in [1.807, 2.05) is 12.4 Å². The molecule has 202 valence electrons. The van der Waals surface area contributed by atoms with E-state index in [4.69, 9.17) is 14.5 Å². The van der Waals surface area contributed by atoms with Gasteiger partial charge in [0.15, 0.2) is 11.5 Å². The maximum absolute atomic E-state index is 6.26. The third kappa shape index (κ3) is 5.53. The van der Waals surface area contributed by atoms with E-state index in [0.717, 1.165) is 74.1 Å². The number of aromatic nitrogens is 2. The minimum absolute atomic E-state index is 0.442. The predicted molar refractivity (Wildman–Crippen MR) is 154 cm³/mol. The highest BCUT2D eigenvalue weighted by molar-refractivity contribution is 5.96. The fourth-order valence-electron chi connectivity index (χ4n) is 6.39. The molecule has 0 radical (unpaired) electrons. The second-order valence-corrected chi connectivity index (χ2v) is 11.0. The Labute approximate surface area is 226 Å². The van der Waals surface area contributed by atoms with Crippen molar-refractivity contribution in [2.45, 2.75) is 63.8 Å². The molecular weight excluding hydrogens is 474 g/mol. The van der Waals surface area contributed by atoms with E-state index in [2.05, 4.69) is 44.4 Å². The van der Waals surface area contributed by atoms with E-state index in [9.17, 15) is 0 Å². The van der Waals surface area contributed by atoms with Crippen molar-refractivity contribution in [3.63, 3.8) is 0 Å². The number of nitrogens with zero attached hydrogens (tertiary/aromatic N) is 4. The maximum Gasteiger partial charge on any atom is 0.163 e. The lowest BCUT2D eigenvalue weighted by atomic mass is 9.91. The molecule has 0 atom stereocenters. The van der Waals surface area contributed by atoms with Crippen LogP contribution in [0.1, 0.15) is 56.2 Å². The molecule has 0 spiro atoms. The molecule has 0 unspecified atom stereocenters. The molecule has 7 heteroatoms. The summed E-state index contributed by atoms with van der Waals surface area (Å²) in [6.07, 6.45) is 14.3. The summed E-state index contributed by atoms with van der Waals surface area (Å²) >= 11 is 0. The normalized spacial score (nSPS) is 18.5. The lowest BCUT2D eigenvalue weighted by Crippen LogP contribution is -2.39. The van der Waals surface area contributed by atoms with E-state index in [0.29, 0.717) is 12.6 Å². The molecular formula is C31H41N5O2. The van der Waals surface area contributed by atoms with Gasteiger partial charge < -0.3 is 24.6 Å². The average Bonchev–Trinajstić information content (AvgIpc) is 3.49. The van der Waals surface area contributed by atoms with Crippen LogP contribution in [-0.4, -0.2) is 67.4 Å². The molecule has 6 rings (SSSR count). The Kier molecular flexibility index (Phi) is 7.81. The fourth-order valence-corrected chi connectivity index (χ4v) is 6.39. The number of hydrogen-bond donors (Lipinski definition) is 1. The number of piperidine rings is 1. The monoisotopic (exact) mass is 515 g/mol. The molecule has 38 heavy (non-hydrogen) atoms. The molecule has 2 aromatic heterocycles. The number of pyridine rings is 2. The van der Waals surface area contributed by atoms with Crippen molar-refractivity contribution < 1.29 is 9.47 Å². The van der Waals surface area contributed by atoms with E-state index in [-0.39, 0.29) is 0 Å². The highest BCUT2D eigenvalue weighted by Crippen LogP contribution is 2.40. The summed E-state index contributed by atoms with van der Waals surface area (Å²) in [5.74, 6) is 1.60. The smallest absolute Gasteiger partial charge is 0.163 e. The number of nitrogens with one attached hydrogen (secondary N) is 1. The number of benzene rings is 1. The quantitative estimate of drug-likeness (QED) is 0.380. The standard InChI is InChI=1S/C31H41N5O2/c1-37-29-21-26-28(22-30(29)38-20-6-17-35-15-4-5-16-35)34-27-8-3-2-7-25(27)31(26)33-23-11-18-36(19-12-23)24-9-13-32-14-10-24/h9-10,13-14,21-23H,2-8,11-12,15-20H2,1H3,(H,33,34). The van der Waals surface area contributed by atoms with Crippen LogP contribution in [0.3, 0.4) is 0 Å². The molecule has 1 aromatic carbocycles. The predicted octanol–water partition coefficient (Wildman–Crippen LogP) is 5.46. The first-order valence-corrected chi connectivity index (χ1v) is 14.6. The van der Waals surface area contributed by atoms with Crippen molar-refractivity contribution in [3.05, 3.63) is 47.9 Å². The van der Waals surface area contributed by atoms with Crippen LogP contribution < -0.4 is 19.7 Å². The molecule has 2 aliphatic heterocycles. The fraction of sp³-hybridized carbons (Fsp3) is 0.548. The SMILES string of the molecule is COc1cc2c(NC3CCN(c4ccncc4)CC3)c3c(nc2cc1OCCCN1CCCC1)CCCC3. The van der Waals surface area contributed by atoms with Crippen LogP contribution in [0.25, 0.3) is 10.9 Å². The van der Waals surface area contributed by atoms with E-state index in [1.165, 1.54) is 61.4 Å². The van der Waals surface area contributed by atoms with Gasteiger partial charge >= 0.3 is 0 Å². The average molecular weight is 516 g/mol. The minimum Gasteiger partial charge on any atom is -0.493 e. The maximum atomic E-state index is 6.26. The van der Waals surface area contributed by atoms with Crippen LogP contribution in [0.2, 0.25) is 0 Å². The lowest BCUT2D eigenvalue weighted by Gasteiger charge is -2.35. The van der Waals surface area contributed by atoms with Crippen LogP contribution >= 0.6 is 0 Å². The summed E-state index contributed by atoms with van der Waals surface area (Å²) in [4.78, 5) is 14.3. The van der Waals surface area contributed by atoms with E-state index in [1.54, 1.807) is 7.11 Å². The molecule has 7 nitrogen and oxygen atoms in total. The van der Waals surface area contributed by atoms with Gasteiger partial charge in [-0.1, -0.05) is 0 Å². The van der Waals surface area contributed by atoms with Crippen molar-refractivity contribution in [1.82, 2.24) is 14.9 Å². The Balaban J connectivity index is 1.21. The zero-order chi connectivity index (χ0) is 25.7. The Morgan fingerprint density at radius 3 is 2.53 bits per heavy atom. The summed E-state index contributed by atoms with van der Waals surface area (Å²) in [6, 6.07) is 8.92. The number of anilines is 2. The highest BCUT2D eigenvalue weighted by atomic mass is 16.5. The summed E-state index contributed by atoms with van der Waals surface area (Å²) in [5, 5.41) is 5.15. The van der Waals surface area contributed by atoms with Gasteiger partial charge in [-0.3, -0.25) is 9.97 Å². The molecule has 0 amide bonds.